The Labute approximate surface area is 107 Å². The lowest BCUT2D eigenvalue weighted by atomic mass is 9.96. The molecule has 0 spiro atoms. The van der Waals surface area contributed by atoms with Gasteiger partial charge in [-0.2, -0.15) is 11.8 Å². The molecule has 0 aliphatic carbocycles. The van der Waals surface area contributed by atoms with Crippen molar-refractivity contribution in [2.75, 3.05) is 18.6 Å². The molecule has 2 atom stereocenters. The van der Waals surface area contributed by atoms with Crippen LogP contribution in [0.3, 0.4) is 0 Å². The van der Waals surface area contributed by atoms with E-state index in [1.807, 2.05) is 20.1 Å². The van der Waals surface area contributed by atoms with Gasteiger partial charge in [0.15, 0.2) is 0 Å². The van der Waals surface area contributed by atoms with Crippen LogP contribution >= 0.6 is 11.8 Å². The number of nitrogens with two attached hydrogens (primary N) is 1. The van der Waals surface area contributed by atoms with Crippen LogP contribution in [-0.2, 0) is 9.59 Å². The second kappa shape index (κ2) is 8.36. The lowest BCUT2D eigenvalue weighted by Gasteiger charge is -2.18. The van der Waals surface area contributed by atoms with E-state index in [-0.39, 0.29) is 18.4 Å². The average molecular weight is 262 g/mol. The summed E-state index contributed by atoms with van der Waals surface area (Å²) in [5.41, 5.74) is 5.67. The van der Waals surface area contributed by atoms with Gasteiger partial charge < -0.3 is 16.2 Å². The Kier molecular flexibility index (Phi) is 7.99. The second-order valence-corrected chi connectivity index (χ2v) is 5.31. The quantitative estimate of drug-likeness (QED) is 0.594. The summed E-state index contributed by atoms with van der Waals surface area (Å²) in [6.45, 7) is 3.77. The number of rotatable bonds is 8. The third-order valence-electron chi connectivity index (χ3n) is 2.59. The maximum absolute atomic E-state index is 11.6. The number of carboxylic acid groups (broad SMARTS) is 1. The summed E-state index contributed by atoms with van der Waals surface area (Å²) >= 11 is 1.63. The Morgan fingerprint density at radius 3 is 2.41 bits per heavy atom. The fourth-order valence-corrected chi connectivity index (χ4v) is 1.82. The van der Waals surface area contributed by atoms with Crippen molar-refractivity contribution in [1.29, 1.82) is 0 Å². The average Bonchev–Trinajstić information content (AvgIpc) is 2.24. The highest BCUT2D eigenvalue weighted by atomic mass is 32.2. The number of hydrogen-bond acceptors (Lipinski definition) is 4. The maximum Gasteiger partial charge on any atom is 0.308 e. The molecule has 6 heteroatoms. The van der Waals surface area contributed by atoms with Gasteiger partial charge in [0, 0.05) is 6.54 Å². The van der Waals surface area contributed by atoms with Crippen molar-refractivity contribution in [3.05, 3.63) is 0 Å². The number of hydrogen-bond donors (Lipinski definition) is 3. The summed E-state index contributed by atoms with van der Waals surface area (Å²) in [5, 5.41) is 11.6. The van der Waals surface area contributed by atoms with E-state index in [0.717, 1.165) is 5.75 Å². The third-order valence-corrected chi connectivity index (χ3v) is 3.23. The fraction of sp³-hybridized carbons (Fsp3) is 0.818. The highest BCUT2D eigenvalue weighted by molar-refractivity contribution is 7.98. The molecule has 0 aromatic carbocycles. The van der Waals surface area contributed by atoms with Crippen LogP contribution in [0, 0.1) is 11.8 Å². The Morgan fingerprint density at radius 2 is 2.00 bits per heavy atom. The van der Waals surface area contributed by atoms with Crippen LogP contribution in [-0.4, -0.2) is 41.6 Å². The minimum atomic E-state index is -0.891. The highest BCUT2D eigenvalue weighted by Gasteiger charge is 2.23. The summed E-state index contributed by atoms with van der Waals surface area (Å²) in [4.78, 5) is 22.5. The maximum atomic E-state index is 11.6. The molecule has 1 amide bonds. The SMILES string of the molecule is CSCC[C@@H](N)C(=O)NCC(C(=O)O)C(C)C. The van der Waals surface area contributed by atoms with Gasteiger partial charge in [0.2, 0.25) is 5.91 Å². The predicted octanol–water partition coefficient (Wildman–Crippen LogP) is 0.540. The van der Waals surface area contributed by atoms with Crippen molar-refractivity contribution in [3.8, 4) is 0 Å². The molecule has 0 aliphatic rings. The number of aliphatic carboxylic acids is 1. The van der Waals surface area contributed by atoms with E-state index < -0.39 is 17.9 Å². The van der Waals surface area contributed by atoms with Crippen molar-refractivity contribution < 1.29 is 14.7 Å². The van der Waals surface area contributed by atoms with Gasteiger partial charge in [0.25, 0.3) is 0 Å². The van der Waals surface area contributed by atoms with Gasteiger partial charge in [-0.3, -0.25) is 9.59 Å². The van der Waals surface area contributed by atoms with Crippen molar-refractivity contribution in [3.63, 3.8) is 0 Å². The van der Waals surface area contributed by atoms with E-state index in [0.29, 0.717) is 6.42 Å². The van der Waals surface area contributed by atoms with Gasteiger partial charge in [0.1, 0.15) is 0 Å². The molecular formula is C11H22N2O3S. The molecular weight excluding hydrogens is 240 g/mol. The van der Waals surface area contributed by atoms with Gasteiger partial charge in [-0.15, -0.1) is 0 Å². The van der Waals surface area contributed by atoms with Crippen LogP contribution in [0.4, 0.5) is 0 Å². The molecule has 0 aliphatic heterocycles. The fourth-order valence-electron chi connectivity index (χ4n) is 1.33. The molecule has 1 unspecified atom stereocenters. The van der Waals surface area contributed by atoms with Gasteiger partial charge >= 0.3 is 5.97 Å². The minimum Gasteiger partial charge on any atom is -0.481 e. The molecule has 0 fully saturated rings. The summed E-state index contributed by atoms with van der Waals surface area (Å²) in [7, 11) is 0. The number of thioether (sulfide) groups is 1. The third kappa shape index (κ3) is 6.53. The molecule has 0 saturated carbocycles. The lowest BCUT2D eigenvalue weighted by molar-refractivity contribution is -0.143. The number of carbonyl (C=O) groups excluding carboxylic acids is 1. The molecule has 0 aromatic rings. The van der Waals surface area contributed by atoms with E-state index in [1.54, 1.807) is 11.8 Å². The Balaban J connectivity index is 4.08. The number of carboxylic acids is 1. The van der Waals surface area contributed by atoms with Crippen molar-refractivity contribution >= 4 is 23.6 Å². The smallest absolute Gasteiger partial charge is 0.308 e. The van der Waals surface area contributed by atoms with E-state index in [2.05, 4.69) is 5.32 Å². The van der Waals surface area contributed by atoms with Gasteiger partial charge in [-0.05, 0) is 24.3 Å². The monoisotopic (exact) mass is 262 g/mol. The van der Waals surface area contributed by atoms with E-state index in [9.17, 15) is 9.59 Å². The first-order chi connectivity index (χ1) is 7.90. The zero-order chi connectivity index (χ0) is 13.4. The Bertz CT molecular complexity index is 259. The van der Waals surface area contributed by atoms with Crippen molar-refractivity contribution in [2.24, 2.45) is 17.6 Å². The van der Waals surface area contributed by atoms with Crippen LogP contribution < -0.4 is 11.1 Å². The standard InChI is InChI=1S/C11H22N2O3S/c1-7(2)8(11(15)16)6-13-10(14)9(12)4-5-17-3/h7-9H,4-6,12H2,1-3H3,(H,13,14)(H,15,16)/t8?,9-/m1/s1. The van der Waals surface area contributed by atoms with E-state index in [4.69, 9.17) is 10.8 Å². The number of carbonyl (C=O) groups is 2. The number of nitrogens with one attached hydrogen (secondary N) is 1. The first-order valence-corrected chi connectivity index (χ1v) is 7.04. The topological polar surface area (TPSA) is 92.4 Å². The molecule has 4 N–H and O–H groups in total. The largest absolute Gasteiger partial charge is 0.481 e. The minimum absolute atomic E-state index is 0.0183. The highest BCUT2D eigenvalue weighted by Crippen LogP contribution is 2.09. The normalized spacial score (nSPS) is 14.4. The second-order valence-electron chi connectivity index (χ2n) is 4.32. The predicted molar refractivity (Wildman–Crippen MR) is 69.9 cm³/mol. The number of amides is 1. The van der Waals surface area contributed by atoms with E-state index in [1.165, 1.54) is 0 Å². The molecule has 0 saturated heterocycles. The first kappa shape index (κ1) is 16.2. The molecule has 0 bridgehead atoms. The molecule has 0 aromatic heterocycles. The van der Waals surface area contributed by atoms with Crippen molar-refractivity contribution in [2.45, 2.75) is 26.3 Å². The van der Waals surface area contributed by atoms with Gasteiger partial charge in [0.05, 0.1) is 12.0 Å². The summed E-state index contributed by atoms with van der Waals surface area (Å²) in [6, 6.07) is -0.552. The molecule has 0 radical (unpaired) electrons. The van der Waals surface area contributed by atoms with Crippen LogP contribution in [0.15, 0.2) is 0 Å². The van der Waals surface area contributed by atoms with Gasteiger partial charge in [-0.1, -0.05) is 13.8 Å². The van der Waals surface area contributed by atoms with Crippen LogP contribution in [0.25, 0.3) is 0 Å². The summed E-state index contributed by atoms with van der Waals surface area (Å²) in [5.74, 6) is -0.924. The van der Waals surface area contributed by atoms with Crippen LogP contribution in [0.5, 0.6) is 0 Å². The molecule has 5 nitrogen and oxygen atoms in total. The Morgan fingerprint density at radius 1 is 1.41 bits per heavy atom. The molecule has 100 valence electrons. The van der Waals surface area contributed by atoms with E-state index >= 15 is 0 Å². The zero-order valence-electron chi connectivity index (χ0n) is 10.6. The molecule has 17 heavy (non-hydrogen) atoms. The van der Waals surface area contributed by atoms with Crippen LogP contribution in [0.1, 0.15) is 20.3 Å². The summed E-state index contributed by atoms with van der Waals surface area (Å²) in [6.07, 6.45) is 2.55. The van der Waals surface area contributed by atoms with Crippen LogP contribution in [0.2, 0.25) is 0 Å². The van der Waals surface area contributed by atoms with Crippen molar-refractivity contribution in [1.82, 2.24) is 5.32 Å². The summed E-state index contributed by atoms with van der Waals surface area (Å²) < 4.78 is 0. The lowest BCUT2D eigenvalue weighted by Crippen LogP contribution is -2.44. The first-order valence-electron chi connectivity index (χ1n) is 5.65. The zero-order valence-corrected chi connectivity index (χ0v) is 11.4. The van der Waals surface area contributed by atoms with Gasteiger partial charge in [-0.25, -0.2) is 0 Å². The molecule has 0 heterocycles. The Hall–Kier alpha value is -0.750. The molecule has 0 rings (SSSR count).